The minimum Gasteiger partial charge on any atom is -0.394 e. The molecule has 3 nitrogen and oxygen atoms in total. The molecule has 11 heavy (non-hydrogen) atoms. The second kappa shape index (κ2) is 6.58. The summed E-state index contributed by atoms with van der Waals surface area (Å²) in [6, 6.07) is 0. The van der Waals surface area contributed by atoms with Gasteiger partial charge in [-0.15, -0.1) is 0 Å². The van der Waals surface area contributed by atoms with Crippen LogP contribution in [-0.2, 0) is 0 Å². The number of rotatable bonds is 6. The first-order valence-electron chi connectivity index (χ1n) is 4.13. The molecule has 2 atom stereocenters. The lowest BCUT2D eigenvalue weighted by Gasteiger charge is -2.06. The third-order valence-corrected chi connectivity index (χ3v) is 1.62. The van der Waals surface area contributed by atoms with E-state index in [9.17, 15) is 0 Å². The van der Waals surface area contributed by atoms with E-state index in [1.54, 1.807) is 6.92 Å². The fraction of sp³-hybridized carbons (Fsp3) is 1.00. The Balaban J connectivity index is 3.01. The van der Waals surface area contributed by atoms with Gasteiger partial charge in [0.15, 0.2) is 0 Å². The van der Waals surface area contributed by atoms with Gasteiger partial charge < -0.3 is 15.3 Å². The van der Waals surface area contributed by atoms with Crippen molar-refractivity contribution in [2.75, 3.05) is 6.61 Å². The zero-order valence-electron chi connectivity index (χ0n) is 7.03. The van der Waals surface area contributed by atoms with Crippen molar-refractivity contribution in [1.29, 1.82) is 0 Å². The molecular weight excluding hydrogens is 144 g/mol. The molecule has 0 aliphatic carbocycles. The molecule has 0 aromatic rings. The fourth-order valence-electron chi connectivity index (χ4n) is 0.911. The highest BCUT2D eigenvalue weighted by molar-refractivity contribution is 4.54. The minimum absolute atomic E-state index is 0.158. The summed E-state index contributed by atoms with van der Waals surface area (Å²) >= 11 is 0. The molecule has 0 amide bonds. The Hall–Kier alpha value is -0.120. The monoisotopic (exact) mass is 162 g/mol. The summed E-state index contributed by atoms with van der Waals surface area (Å²) in [7, 11) is 0. The second-order valence-corrected chi connectivity index (χ2v) is 2.97. The Morgan fingerprint density at radius 3 is 2.09 bits per heavy atom. The van der Waals surface area contributed by atoms with E-state index in [0.717, 1.165) is 19.3 Å². The Morgan fingerprint density at radius 2 is 1.64 bits per heavy atom. The van der Waals surface area contributed by atoms with Gasteiger partial charge in [-0.1, -0.05) is 12.8 Å². The Kier molecular flexibility index (Phi) is 6.51. The number of unbranched alkanes of at least 4 members (excludes halogenated alkanes) is 1. The van der Waals surface area contributed by atoms with E-state index in [1.807, 2.05) is 0 Å². The lowest BCUT2D eigenvalue weighted by molar-refractivity contribution is 0.0846. The number of hydrogen-bond donors (Lipinski definition) is 3. The molecule has 0 unspecified atom stereocenters. The first-order valence-corrected chi connectivity index (χ1v) is 4.13. The van der Waals surface area contributed by atoms with Gasteiger partial charge in [0.25, 0.3) is 0 Å². The third kappa shape index (κ3) is 7.78. The topological polar surface area (TPSA) is 60.7 Å². The van der Waals surface area contributed by atoms with Crippen LogP contribution in [0, 0.1) is 0 Å². The number of hydrogen-bond acceptors (Lipinski definition) is 3. The van der Waals surface area contributed by atoms with Crippen LogP contribution in [0.1, 0.15) is 32.6 Å². The van der Waals surface area contributed by atoms with Crippen molar-refractivity contribution in [3.05, 3.63) is 0 Å². The van der Waals surface area contributed by atoms with Gasteiger partial charge >= 0.3 is 0 Å². The largest absolute Gasteiger partial charge is 0.394 e. The summed E-state index contributed by atoms with van der Waals surface area (Å²) in [5.74, 6) is 0. The summed E-state index contributed by atoms with van der Waals surface area (Å²) in [5.41, 5.74) is 0. The maximum atomic E-state index is 8.91. The van der Waals surface area contributed by atoms with Gasteiger partial charge in [-0.25, -0.2) is 0 Å². The predicted octanol–water partition coefficient (Wildman–Crippen LogP) is 0.281. The lowest BCUT2D eigenvalue weighted by Crippen LogP contribution is -2.11. The van der Waals surface area contributed by atoms with Crippen molar-refractivity contribution in [3.63, 3.8) is 0 Å². The molecule has 0 fully saturated rings. The van der Waals surface area contributed by atoms with E-state index in [4.69, 9.17) is 15.3 Å². The molecule has 0 spiro atoms. The van der Waals surface area contributed by atoms with Crippen molar-refractivity contribution >= 4 is 0 Å². The van der Waals surface area contributed by atoms with Crippen molar-refractivity contribution in [3.8, 4) is 0 Å². The maximum absolute atomic E-state index is 8.91. The van der Waals surface area contributed by atoms with Crippen molar-refractivity contribution < 1.29 is 15.3 Å². The Morgan fingerprint density at radius 1 is 1.09 bits per heavy atom. The molecule has 0 saturated heterocycles. The summed E-state index contributed by atoms with van der Waals surface area (Å²) in [4.78, 5) is 0. The zero-order valence-corrected chi connectivity index (χ0v) is 7.03. The summed E-state index contributed by atoms with van der Waals surface area (Å²) in [6.45, 7) is 1.59. The van der Waals surface area contributed by atoms with Crippen LogP contribution in [0.3, 0.4) is 0 Å². The zero-order chi connectivity index (χ0) is 8.69. The predicted molar refractivity (Wildman–Crippen MR) is 43.2 cm³/mol. The highest BCUT2D eigenvalue weighted by atomic mass is 16.3. The van der Waals surface area contributed by atoms with Gasteiger partial charge in [0.05, 0.1) is 18.8 Å². The third-order valence-electron chi connectivity index (χ3n) is 1.62. The van der Waals surface area contributed by atoms with Crippen LogP contribution in [0.25, 0.3) is 0 Å². The molecule has 0 aromatic carbocycles. The molecule has 0 aliphatic heterocycles. The first kappa shape index (κ1) is 10.9. The van der Waals surface area contributed by atoms with Crippen LogP contribution in [-0.4, -0.2) is 34.1 Å². The molecule has 0 radical (unpaired) electrons. The van der Waals surface area contributed by atoms with E-state index in [-0.39, 0.29) is 12.7 Å². The van der Waals surface area contributed by atoms with E-state index < -0.39 is 6.10 Å². The van der Waals surface area contributed by atoms with Crippen molar-refractivity contribution in [2.24, 2.45) is 0 Å². The summed E-state index contributed by atoms with van der Waals surface area (Å²) in [5, 5.41) is 26.2. The highest BCUT2D eigenvalue weighted by Crippen LogP contribution is 2.05. The molecule has 0 rings (SSSR count). The maximum Gasteiger partial charge on any atom is 0.0770 e. The van der Waals surface area contributed by atoms with E-state index in [1.165, 1.54) is 0 Å². The van der Waals surface area contributed by atoms with E-state index in [0.29, 0.717) is 6.42 Å². The van der Waals surface area contributed by atoms with E-state index >= 15 is 0 Å². The summed E-state index contributed by atoms with van der Waals surface area (Å²) < 4.78 is 0. The molecule has 0 aromatic heterocycles. The molecule has 0 bridgehead atoms. The average Bonchev–Trinajstić information content (AvgIpc) is 1.97. The molecule has 0 heterocycles. The molecule has 0 aliphatic rings. The van der Waals surface area contributed by atoms with Gasteiger partial charge in [0.2, 0.25) is 0 Å². The van der Waals surface area contributed by atoms with Crippen LogP contribution in [0.2, 0.25) is 0 Å². The van der Waals surface area contributed by atoms with Crippen LogP contribution in [0.4, 0.5) is 0 Å². The molecule has 0 saturated carbocycles. The van der Waals surface area contributed by atoms with Crippen LogP contribution in [0.5, 0.6) is 0 Å². The van der Waals surface area contributed by atoms with Crippen molar-refractivity contribution in [1.82, 2.24) is 0 Å². The van der Waals surface area contributed by atoms with Gasteiger partial charge in [0, 0.05) is 0 Å². The Bertz CT molecular complexity index is 83.4. The fourth-order valence-corrected chi connectivity index (χ4v) is 0.911. The summed E-state index contributed by atoms with van der Waals surface area (Å²) in [6.07, 6.45) is 2.35. The SMILES string of the molecule is C[C@@H](O)CCCC[C@H](O)CO. The molecule has 3 N–H and O–H groups in total. The quantitative estimate of drug-likeness (QED) is 0.492. The molecular formula is C8H18O3. The van der Waals surface area contributed by atoms with Gasteiger partial charge in [-0.3, -0.25) is 0 Å². The van der Waals surface area contributed by atoms with Crippen LogP contribution >= 0.6 is 0 Å². The number of aliphatic hydroxyl groups excluding tert-OH is 3. The first-order chi connectivity index (χ1) is 5.16. The highest BCUT2D eigenvalue weighted by Gasteiger charge is 2.01. The number of aliphatic hydroxyl groups is 3. The van der Waals surface area contributed by atoms with Gasteiger partial charge in [-0.05, 0) is 19.8 Å². The average molecular weight is 162 g/mol. The molecule has 3 heteroatoms. The standard InChI is InChI=1S/C8H18O3/c1-7(10)4-2-3-5-8(11)6-9/h7-11H,2-6H2,1H3/t7-,8+/m1/s1. The van der Waals surface area contributed by atoms with Crippen LogP contribution < -0.4 is 0 Å². The minimum atomic E-state index is -0.580. The Labute approximate surface area is 67.7 Å². The van der Waals surface area contributed by atoms with Crippen LogP contribution in [0.15, 0.2) is 0 Å². The van der Waals surface area contributed by atoms with E-state index in [2.05, 4.69) is 0 Å². The normalized spacial score (nSPS) is 16.4. The van der Waals surface area contributed by atoms with Gasteiger partial charge in [-0.2, -0.15) is 0 Å². The lowest BCUT2D eigenvalue weighted by atomic mass is 10.1. The second-order valence-electron chi connectivity index (χ2n) is 2.97. The smallest absolute Gasteiger partial charge is 0.0770 e. The molecule has 68 valence electrons. The van der Waals surface area contributed by atoms with Crippen molar-refractivity contribution in [2.45, 2.75) is 44.8 Å². The van der Waals surface area contributed by atoms with Gasteiger partial charge in [0.1, 0.15) is 0 Å².